The third-order valence-electron chi connectivity index (χ3n) is 15.7. The number of rotatable bonds is 13. The minimum absolute atomic E-state index is 0.0690. The fourth-order valence-electron chi connectivity index (χ4n) is 11.1. The molecule has 0 radical (unpaired) electrons. The van der Waals surface area contributed by atoms with Crippen LogP contribution in [0.15, 0.2) is 84.9 Å². The highest BCUT2D eigenvalue weighted by Gasteiger charge is 2.33. The van der Waals surface area contributed by atoms with E-state index in [0.29, 0.717) is 52.3 Å². The van der Waals surface area contributed by atoms with E-state index in [1.807, 2.05) is 37.3 Å². The maximum Gasteiger partial charge on any atom is 0.308 e. The smallest absolute Gasteiger partial charge is 0.308 e. The average Bonchev–Trinajstić information content (AvgIpc) is 4.02. The SMILES string of the molecule is CC(C)(C)C1CCC(Oc2ccc(-c3cccc(C=O)c3)cc2F)CC1.CC(C)(C)C1CCC(Oc2ccc(-c3cccc(CCC4CCC(C(=O)O)C4)c3)cc2F)CC1.CCOC(=O)C1CCC(N)C1. The van der Waals surface area contributed by atoms with Crippen LogP contribution in [0.4, 0.5) is 8.78 Å². The van der Waals surface area contributed by atoms with Crippen molar-refractivity contribution >= 4 is 18.2 Å². The van der Waals surface area contributed by atoms with Crippen molar-refractivity contribution in [2.45, 2.75) is 169 Å². The standard InChI is InChI=1S/C30H39FO3.C23H27FO2.C8H15NO2/c1-30(2,3)25-12-14-26(15-13-25)34-28-16-11-23(19-27(28)31)22-6-4-5-20(17-22)7-8-21-9-10-24(18-21)29(32)33;1-23(2,3)19-8-10-20(11-9-19)26-22-12-7-18(14-21(22)24)17-6-4-5-16(13-17)15-25;1-2-11-8(10)6-3-4-7(9)5-6/h4-6,11,16-17,19,21,24-26H,7-10,12-15,18H2,1-3H3,(H,32,33);4-7,12-15,19-20H,8-11H2,1-3H3;6-7H,2-5,9H2,1H3. The van der Waals surface area contributed by atoms with Crippen molar-refractivity contribution < 1.29 is 42.5 Å². The zero-order valence-electron chi connectivity index (χ0n) is 43.5. The highest BCUT2D eigenvalue weighted by molar-refractivity contribution is 5.79. The Morgan fingerprint density at radius 3 is 1.59 bits per heavy atom. The molecule has 8 nitrogen and oxygen atoms in total. The number of aryl methyl sites for hydroxylation is 1. The summed E-state index contributed by atoms with van der Waals surface area (Å²) >= 11 is 0. The van der Waals surface area contributed by atoms with Crippen LogP contribution in [-0.4, -0.2) is 48.2 Å². The second kappa shape index (κ2) is 25.5. The minimum Gasteiger partial charge on any atom is -0.487 e. The number of carboxylic acid groups (broad SMARTS) is 1. The molecule has 4 aliphatic carbocycles. The number of carbonyl (C=O) groups is 3. The van der Waals surface area contributed by atoms with E-state index in [-0.39, 0.29) is 47.7 Å². The third-order valence-corrected chi connectivity index (χ3v) is 15.7. The number of aldehydes is 1. The van der Waals surface area contributed by atoms with Gasteiger partial charge in [-0.05, 0) is 196 Å². The van der Waals surface area contributed by atoms with Gasteiger partial charge in [-0.2, -0.15) is 0 Å². The lowest BCUT2D eigenvalue weighted by molar-refractivity contribution is -0.147. The number of carbonyl (C=O) groups excluding carboxylic acids is 2. The van der Waals surface area contributed by atoms with Gasteiger partial charge in [-0.25, -0.2) is 8.78 Å². The second-order valence-corrected chi connectivity index (χ2v) is 22.9. The van der Waals surface area contributed by atoms with Crippen molar-refractivity contribution in [3.63, 3.8) is 0 Å². The number of halogens is 2. The van der Waals surface area contributed by atoms with Crippen LogP contribution in [0, 0.1) is 52.1 Å². The molecule has 4 saturated carbocycles. The van der Waals surface area contributed by atoms with Crippen molar-refractivity contribution in [1.82, 2.24) is 0 Å². The number of aliphatic carboxylic acids is 1. The van der Waals surface area contributed by atoms with Gasteiger partial charge in [0.2, 0.25) is 0 Å². The highest BCUT2D eigenvalue weighted by Crippen LogP contribution is 2.41. The first-order valence-electron chi connectivity index (χ1n) is 26.5. The molecule has 8 rings (SSSR count). The van der Waals surface area contributed by atoms with E-state index in [0.717, 1.165) is 131 Å². The molecule has 4 aromatic carbocycles. The Morgan fingerprint density at radius 1 is 0.634 bits per heavy atom. The predicted octanol–water partition coefficient (Wildman–Crippen LogP) is 14.9. The van der Waals surface area contributed by atoms with E-state index in [2.05, 4.69) is 53.7 Å². The quantitative estimate of drug-likeness (QED) is 0.100. The molecule has 4 aliphatic rings. The van der Waals surface area contributed by atoms with Crippen LogP contribution >= 0.6 is 0 Å². The van der Waals surface area contributed by atoms with E-state index in [4.69, 9.17) is 19.9 Å². The molecule has 0 spiro atoms. The van der Waals surface area contributed by atoms with Gasteiger partial charge in [0.1, 0.15) is 6.29 Å². The first-order chi connectivity index (χ1) is 33.8. The zero-order valence-corrected chi connectivity index (χ0v) is 43.5. The van der Waals surface area contributed by atoms with Crippen molar-refractivity contribution in [1.29, 1.82) is 0 Å². The molecule has 4 atom stereocenters. The molecule has 0 bridgehead atoms. The Morgan fingerprint density at radius 2 is 1.14 bits per heavy atom. The first-order valence-corrected chi connectivity index (χ1v) is 26.5. The van der Waals surface area contributed by atoms with Crippen LogP contribution in [0.1, 0.15) is 161 Å². The molecule has 4 unspecified atom stereocenters. The first kappa shape index (κ1) is 55.2. The van der Waals surface area contributed by atoms with Crippen LogP contribution in [0.3, 0.4) is 0 Å². The lowest BCUT2D eigenvalue weighted by Gasteiger charge is -2.37. The molecule has 0 aliphatic heterocycles. The molecule has 0 heterocycles. The summed E-state index contributed by atoms with van der Waals surface area (Å²) in [4.78, 5) is 33.2. The summed E-state index contributed by atoms with van der Waals surface area (Å²) in [6, 6.07) is 26.0. The number of hydrogen-bond donors (Lipinski definition) is 2. The second-order valence-electron chi connectivity index (χ2n) is 22.9. The summed E-state index contributed by atoms with van der Waals surface area (Å²) in [6.45, 7) is 16.1. The molecular weight excluding hydrogens is 897 g/mol. The number of ether oxygens (including phenoxy) is 3. The highest BCUT2D eigenvalue weighted by atomic mass is 19.1. The van der Waals surface area contributed by atoms with Crippen LogP contribution in [0.5, 0.6) is 11.5 Å². The minimum atomic E-state index is -0.656. The Labute approximate surface area is 422 Å². The van der Waals surface area contributed by atoms with Gasteiger partial charge < -0.3 is 25.1 Å². The Hall–Kier alpha value is -5.09. The van der Waals surface area contributed by atoms with Gasteiger partial charge in [0.25, 0.3) is 0 Å². The van der Waals surface area contributed by atoms with Gasteiger partial charge in [-0.1, -0.05) is 96.1 Å². The van der Waals surface area contributed by atoms with Gasteiger partial charge in [0, 0.05) is 11.6 Å². The van der Waals surface area contributed by atoms with Gasteiger partial charge in [-0.3, -0.25) is 14.4 Å². The van der Waals surface area contributed by atoms with Gasteiger partial charge in [0.15, 0.2) is 23.1 Å². The molecule has 4 fully saturated rings. The monoisotopic (exact) mass is 978 g/mol. The summed E-state index contributed by atoms with van der Waals surface area (Å²) in [7, 11) is 0. The topological polar surface area (TPSA) is 125 Å². The maximum atomic E-state index is 14.9. The summed E-state index contributed by atoms with van der Waals surface area (Å²) in [6.07, 6.45) is 16.6. The molecule has 0 amide bonds. The van der Waals surface area contributed by atoms with Gasteiger partial charge in [0.05, 0.1) is 30.7 Å². The fraction of sp³-hybridized carbons (Fsp3) is 0.557. The van der Waals surface area contributed by atoms with E-state index in [9.17, 15) is 28.3 Å². The van der Waals surface area contributed by atoms with Crippen LogP contribution in [0.2, 0.25) is 0 Å². The number of nitrogens with two attached hydrogens (primary N) is 1. The third kappa shape index (κ3) is 16.5. The van der Waals surface area contributed by atoms with Crippen molar-refractivity contribution in [3.05, 3.63) is 108 Å². The van der Waals surface area contributed by atoms with E-state index in [1.165, 1.54) is 11.6 Å². The van der Waals surface area contributed by atoms with Crippen LogP contribution < -0.4 is 15.2 Å². The molecule has 10 heteroatoms. The Bertz CT molecular complexity index is 2350. The molecule has 386 valence electrons. The summed E-state index contributed by atoms with van der Waals surface area (Å²) in [5.74, 6) is 1.10. The molecule has 4 aromatic rings. The normalized spacial score (nSPS) is 24.4. The van der Waals surface area contributed by atoms with Crippen LogP contribution in [0.25, 0.3) is 22.3 Å². The Kier molecular flexibility index (Phi) is 19.9. The molecule has 3 N–H and O–H groups in total. The number of benzene rings is 4. The summed E-state index contributed by atoms with van der Waals surface area (Å²) < 4.78 is 46.4. The number of esters is 1. The van der Waals surface area contributed by atoms with Crippen molar-refractivity contribution in [2.24, 2.45) is 46.2 Å². The van der Waals surface area contributed by atoms with Crippen molar-refractivity contribution in [2.75, 3.05) is 6.61 Å². The lowest BCUT2D eigenvalue weighted by Crippen LogP contribution is -2.30. The number of carboxylic acids is 1. The summed E-state index contributed by atoms with van der Waals surface area (Å²) in [5, 5.41) is 9.21. The largest absolute Gasteiger partial charge is 0.487 e. The van der Waals surface area contributed by atoms with Crippen LogP contribution in [-0.2, 0) is 20.7 Å². The Balaban J connectivity index is 0.000000196. The molecular formula is C61H81F2NO7. The zero-order chi connectivity index (χ0) is 51.3. The average molecular weight is 978 g/mol. The fourth-order valence-corrected chi connectivity index (χ4v) is 11.1. The predicted molar refractivity (Wildman–Crippen MR) is 279 cm³/mol. The molecule has 0 aromatic heterocycles. The van der Waals surface area contributed by atoms with Crippen molar-refractivity contribution in [3.8, 4) is 33.8 Å². The van der Waals surface area contributed by atoms with E-state index in [1.54, 1.807) is 36.4 Å². The molecule has 0 saturated heterocycles. The van der Waals surface area contributed by atoms with E-state index >= 15 is 0 Å². The van der Waals surface area contributed by atoms with Gasteiger partial charge in [-0.15, -0.1) is 0 Å². The summed E-state index contributed by atoms with van der Waals surface area (Å²) in [5.41, 5.74) is 11.5. The lowest BCUT2D eigenvalue weighted by atomic mass is 9.72. The number of hydrogen-bond acceptors (Lipinski definition) is 7. The van der Waals surface area contributed by atoms with E-state index < -0.39 is 5.97 Å². The molecule has 71 heavy (non-hydrogen) atoms. The van der Waals surface area contributed by atoms with Gasteiger partial charge >= 0.3 is 11.9 Å². The maximum absolute atomic E-state index is 14.9.